The first-order valence-electron chi connectivity index (χ1n) is 3.41. The molecular weight excluding hydrogens is 282 g/mol. The van der Waals surface area contributed by atoms with Crippen LogP contribution in [0.25, 0.3) is 0 Å². The molecule has 0 bridgehead atoms. The Morgan fingerprint density at radius 1 is 1.31 bits per heavy atom. The molecule has 0 spiro atoms. The van der Waals surface area contributed by atoms with Crippen molar-refractivity contribution in [3.63, 3.8) is 0 Å². The number of hydrogen-bond donors (Lipinski definition) is 1. The Balaban J connectivity index is 2.90. The molecular formula is C8H6BrCl2FO. The van der Waals surface area contributed by atoms with Crippen LogP contribution in [0.2, 0.25) is 0 Å². The van der Waals surface area contributed by atoms with E-state index in [0.29, 0.717) is 5.56 Å². The molecule has 1 rings (SSSR count). The summed E-state index contributed by atoms with van der Waals surface area (Å²) in [4.78, 5) is 0. The maximum absolute atomic E-state index is 12.8. The lowest BCUT2D eigenvalue weighted by Crippen LogP contribution is -2.17. The van der Waals surface area contributed by atoms with Gasteiger partial charge >= 0.3 is 0 Å². The molecule has 72 valence electrons. The van der Waals surface area contributed by atoms with Gasteiger partial charge in [-0.1, -0.05) is 51.3 Å². The summed E-state index contributed by atoms with van der Waals surface area (Å²) >= 11 is 13.4. The summed E-state index contributed by atoms with van der Waals surface area (Å²) in [5.41, 5.74) is 0.329. The second-order valence-electron chi connectivity index (χ2n) is 2.50. The van der Waals surface area contributed by atoms with Crippen LogP contribution in [0.1, 0.15) is 11.7 Å². The van der Waals surface area contributed by atoms with Crippen molar-refractivity contribution in [2.24, 2.45) is 0 Å². The van der Waals surface area contributed by atoms with Crippen LogP contribution in [0, 0.1) is 0 Å². The van der Waals surface area contributed by atoms with Crippen molar-refractivity contribution in [1.82, 2.24) is 0 Å². The number of aliphatic hydroxyl groups excluding tert-OH is 1. The number of aliphatic hydroxyl groups is 1. The van der Waals surface area contributed by atoms with Gasteiger partial charge in [0.1, 0.15) is 6.10 Å². The van der Waals surface area contributed by atoms with E-state index in [0.717, 1.165) is 4.47 Å². The fraction of sp³-hybridized carbons (Fsp3) is 0.250. The second kappa shape index (κ2) is 4.13. The summed E-state index contributed by atoms with van der Waals surface area (Å²) in [6.07, 6.45) is -1.54. The van der Waals surface area contributed by atoms with Gasteiger partial charge in [-0.15, -0.1) is 0 Å². The van der Waals surface area contributed by atoms with Gasteiger partial charge in [0.25, 0.3) is 4.59 Å². The van der Waals surface area contributed by atoms with E-state index in [-0.39, 0.29) is 0 Å². The molecule has 0 amide bonds. The maximum Gasteiger partial charge on any atom is 0.287 e. The molecule has 0 aliphatic heterocycles. The summed E-state index contributed by atoms with van der Waals surface area (Å²) in [5, 5.41) is 9.29. The molecule has 1 nitrogen and oxygen atoms in total. The Kier molecular flexibility index (Phi) is 3.57. The van der Waals surface area contributed by atoms with Crippen LogP contribution in [0.15, 0.2) is 28.7 Å². The molecule has 0 heterocycles. The number of halogens is 4. The van der Waals surface area contributed by atoms with Crippen molar-refractivity contribution in [2.75, 3.05) is 0 Å². The molecule has 0 fully saturated rings. The topological polar surface area (TPSA) is 20.2 Å². The van der Waals surface area contributed by atoms with Gasteiger partial charge in [0, 0.05) is 4.47 Å². The highest BCUT2D eigenvalue weighted by Crippen LogP contribution is 2.37. The predicted molar refractivity (Wildman–Crippen MR) is 54.6 cm³/mol. The van der Waals surface area contributed by atoms with Crippen LogP contribution in [0.3, 0.4) is 0 Å². The molecule has 0 radical (unpaired) electrons. The Bertz CT molecular complexity index is 283. The molecule has 1 aromatic carbocycles. The molecule has 13 heavy (non-hydrogen) atoms. The van der Waals surface area contributed by atoms with Crippen molar-refractivity contribution in [3.8, 4) is 0 Å². The first kappa shape index (κ1) is 11.2. The quantitative estimate of drug-likeness (QED) is 0.825. The predicted octanol–water partition coefficient (Wildman–Crippen LogP) is 3.58. The van der Waals surface area contributed by atoms with Crippen LogP contribution < -0.4 is 0 Å². The highest BCUT2D eigenvalue weighted by molar-refractivity contribution is 9.10. The van der Waals surface area contributed by atoms with Crippen LogP contribution in [-0.2, 0) is 0 Å². The lowest BCUT2D eigenvalue weighted by atomic mass is 10.1. The van der Waals surface area contributed by atoms with Crippen LogP contribution in [-0.4, -0.2) is 9.69 Å². The molecule has 0 aliphatic rings. The Hall–Kier alpha value is 0.170. The molecule has 0 aliphatic carbocycles. The summed E-state index contributed by atoms with van der Waals surface area (Å²) < 4.78 is 11.0. The molecule has 1 atom stereocenters. The van der Waals surface area contributed by atoms with E-state index in [9.17, 15) is 9.50 Å². The van der Waals surface area contributed by atoms with E-state index in [1.807, 2.05) is 0 Å². The van der Waals surface area contributed by atoms with Gasteiger partial charge in [-0.2, -0.15) is 0 Å². The molecule has 0 aromatic heterocycles. The first-order valence-corrected chi connectivity index (χ1v) is 4.96. The van der Waals surface area contributed by atoms with E-state index in [1.54, 1.807) is 12.1 Å². The largest absolute Gasteiger partial charge is 0.382 e. The summed E-state index contributed by atoms with van der Waals surface area (Å²) in [6.45, 7) is 0. The lowest BCUT2D eigenvalue weighted by Gasteiger charge is -2.17. The third-order valence-electron chi connectivity index (χ3n) is 1.50. The molecule has 0 saturated heterocycles. The van der Waals surface area contributed by atoms with Gasteiger partial charge in [-0.05, 0) is 17.7 Å². The van der Waals surface area contributed by atoms with Gasteiger partial charge in [-0.25, -0.2) is 4.39 Å². The van der Waals surface area contributed by atoms with Gasteiger partial charge < -0.3 is 5.11 Å². The van der Waals surface area contributed by atoms with Gasteiger partial charge in [0.05, 0.1) is 0 Å². The third-order valence-corrected chi connectivity index (χ3v) is 2.44. The summed E-state index contributed by atoms with van der Waals surface area (Å²) in [5.74, 6) is 0. The van der Waals surface area contributed by atoms with E-state index in [2.05, 4.69) is 15.9 Å². The van der Waals surface area contributed by atoms with Gasteiger partial charge in [0.15, 0.2) is 0 Å². The third kappa shape index (κ3) is 3.09. The zero-order valence-electron chi connectivity index (χ0n) is 6.35. The monoisotopic (exact) mass is 286 g/mol. The number of rotatable bonds is 2. The summed E-state index contributed by atoms with van der Waals surface area (Å²) in [7, 11) is 0. The highest BCUT2D eigenvalue weighted by Gasteiger charge is 2.34. The van der Waals surface area contributed by atoms with Crippen molar-refractivity contribution in [1.29, 1.82) is 0 Å². The molecule has 0 saturated carbocycles. The SMILES string of the molecule is O[C@H](c1ccc(Br)cc1)C(F)(Cl)Cl. The molecule has 5 heteroatoms. The Morgan fingerprint density at radius 3 is 2.15 bits per heavy atom. The average molecular weight is 288 g/mol. The zero-order chi connectivity index (χ0) is 10.1. The Labute approximate surface area is 93.6 Å². The maximum atomic E-state index is 12.8. The van der Waals surface area contributed by atoms with Crippen LogP contribution >= 0.6 is 39.1 Å². The van der Waals surface area contributed by atoms with Crippen molar-refractivity contribution >= 4 is 39.1 Å². The summed E-state index contributed by atoms with van der Waals surface area (Å²) in [6, 6.07) is 6.40. The normalized spacial score (nSPS) is 14.2. The van der Waals surface area contributed by atoms with Crippen LogP contribution in [0.5, 0.6) is 0 Å². The smallest absolute Gasteiger partial charge is 0.287 e. The van der Waals surface area contributed by atoms with Gasteiger partial charge in [-0.3, -0.25) is 0 Å². The Morgan fingerprint density at radius 2 is 1.77 bits per heavy atom. The number of hydrogen-bond acceptors (Lipinski definition) is 1. The standard InChI is InChI=1S/C8H6BrCl2FO/c9-6-3-1-5(2-4-6)7(13)8(10,11)12/h1-4,7,13H/t7-/m1/s1. The van der Waals surface area contributed by atoms with Crippen molar-refractivity contribution < 1.29 is 9.50 Å². The zero-order valence-corrected chi connectivity index (χ0v) is 9.44. The van der Waals surface area contributed by atoms with Gasteiger partial charge in [0.2, 0.25) is 0 Å². The number of alkyl halides is 3. The van der Waals surface area contributed by atoms with E-state index >= 15 is 0 Å². The molecule has 1 aromatic rings. The van der Waals surface area contributed by atoms with E-state index < -0.39 is 10.7 Å². The van der Waals surface area contributed by atoms with Crippen molar-refractivity contribution in [2.45, 2.75) is 10.7 Å². The average Bonchev–Trinajstić information content (AvgIpc) is 2.03. The first-order chi connectivity index (χ1) is 5.91. The molecule has 1 N–H and O–H groups in total. The van der Waals surface area contributed by atoms with Crippen LogP contribution in [0.4, 0.5) is 4.39 Å². The fourth-order valence-corrected chi connectivity index (χ4v) is 1.35. The van der Waals surface area contributed by atoms with Crippen molar-refractivity contribution in [3.05, 3.63) is 34.3 Å². The second-order valence-corrected chi connectivity index (χ2v) is 4.70. The minimum Gasteiger partial charge on any atom is -0.382 e. The van der Waals surface area contributed by atoms with E-state index in [1.165, 1.54) is 12.1 Å². The fourth-order valence-electron chi connectivity index (χ4n) is 0.834. The molecule has 0 unspecified atom stereocenters. The highest BCUT2D eigenvalue weighted by atomic mass is 79.9. The van der Waals surface area contributed by atoms with E-state index in [4.69, 9.17) is 23.2 Å². The minimum absolute atomic E-state index is 0.329. The number of benzene rings is 1. The lowest BCUT2D eigenvalue weighted by molar-refractivity contribution is 0.0980. The minimum atomic E-state index is -2.66.